The number of aryl methyl sites for hydroxylation is 1. The molecule has 2 aromatic carbocycles. The maximum atomic E-state index is 13.2. The fourth-order valence-electron chi connectivity index (χ4n) is 3.28. The Morgan fingerprint density at radius 2 is 1.41 bits per heavy atom. The summed E-state index contributed by atoms with van der Waals surface area (Å²) in [7, 11) is 0. The highest BCUT2D eigenvalue weighted by Crippen LogP contribution is 2.18. The Kier molecular flexibility index (Phi) is 6.95. The number of carbonyl (C=O) groups is 1. The minimum Gasteiger partial charge on any atom is -0.352 e. The first-order chi connectivity index (χ1) is 14.1. The second-order valence-corrected chi connectivity index (χ2v) is 6.96. The van der Waals surface area contributed by atoms with Crippen LogP contribution < -0.4 is 4.90 Å². The van der Waals surface area contributed by atoms with E-state index in [0.29, 0.717) is 24.6 Å². The van der Waals surface area contributed by atoms with Crippen molar-refractivity contribution in [3.63, 3.8) is 0 Å². The van der Waals surface area contributed by atoms with Crippen molar-refractivity contribution >= 4 is 11.7 Å². The van der Waals surface area contributed by atoms with Crippen LogP contribution in [0, 0.1) is 6.92 Å². The van der Waals surface area contributed by atoms with E-state index in [2.05, 4.69) is 33.9 Å². The summed E-state index contributed by atoms with van der Waals surface area (Å²) in [6, 6.07) is 22.1. The molecule has 1 aromatic heterocycles. The van der Waals surface area contributed by atoms with Crippen molar-refractivity contribution in [3.05, 3.63) is 89.4 Å². The van der Waals surface area contributed by atoms with Gasteiger partial charge in [0, 0.05) is 32.2 Å². The highest BCUT2D eigenvalue weighted by molar-refractivity contribution is 5.93. The molecule has 0 aliphatic carbocycles. The molecular weight excluding hydrogens is 360 g/mol. The van der Waals surface area contributed by atoms with E-state index in [9.17, 15) is 4.79 Å². The van der Waals surface area contributed by atoms with Crippen molar-refractivity contribution in [2.24, 2.45) is 0 Å². The molecule has 5 nitrogen and oxygen atoms in total. The Morgan fingerprint density at radius 1 is 0.828 bits per heavy atom. The summed E-state index contributed by atoms with van der Waals surface area (Å²) in [6.07, 6.45) is 0. The SMILES string of the molecule is CCN(Cc1ccccc1)C(=O)c1cc(N(CC)Cc2ccccc2)nc(C)n1. The normalized spacial score (nSPS) is 10.6. The Hall–Kier alpha value is -3.21. The predicted octanol–water partition coefficient (Wildman–Crippen LogP) is 4.47. The fourth-order valence-corrected chi connectivity index (χ4v) is 3.28. The Balaban J connectivity index is 1.83. The molecule has 5 heteroatoms. The molecule has 0 aliphatic rings. The number of hydrogen-bond donors (Lipinski definition) is 0. The Bertz CT molecular complexity index is 928. The third kappa shape index (κ3) is 5.41. The van der Waals surface area contributed by atoms with Gasteiger partial charge in [-0.15, -0.1) is 0 Å². The van der Waals surface area contributed by atoms with Crippen molar-refractivity contribution in [3.8, 4) is 0 Å². The number of carbonyl (C=O) groups excluding carboxylic acids is 1. The fraction of sp³-hybridized carbons (Fsp3) is 0.292. The van der Waals surface area contributed by atoms with E-state index < -0.39 is 0 Å². The summed E-state index contributed by atoms with van der Waals surface area (Å²) < 4.78 is 0. The summed E-state index contributed by atoms with van der Waals surface area (Å²) in [4.78, 5) is 26.2. The first-order valence-corrected chi connectivity index (χ1v) is 10.1. The predicted molar refractivity (Wildman–Crippen MR) is 117 cm³/mol. The number of nitrogens with zero attached hydrogens (tertiary/aromatic N) is 4. The molecule has 150 valence electrons. The Morgan fingerprint density at radius 3 is 1.97 bits per heavy atom. The highest BCUT2D eigenvalue weighted by Gasteiger charge is 2.19. The van der Waals surface area contributed by atoms with Gasteiger partial charge in [0.1, 0.15) is 17.3 Å². The molecule has 29 heavy (non-hydrogen) atoms. The third-order valence-electron chi connectivity index (χ3n) is 4.85. The van der Waals surface area contributed by atoms with Crippen LogP contribution in [0.25, 0.3) is 0 Å². The van der Waals surface area contributed by atoms with Crippen molar-refractivity contribution in [1.29, 1.82) is 0 Å². The van der Waals surface area contributed by atoms with Crippen LogP contribution in [0.3, 0.4) is 0 Å². The lowest BCUT2D eigenvalue weighted by molar-refractivity contribution is 0.0746. The average molecular weight is 389 g/mol. The van der Waals surface area contributed by atoms with Crippen LogP contribution in [-0.4, -0.2) is 33.9 Å². The zero-order valence-corrected chi connectivity index (χ0v) is 17.4. The summed E-state index contributed by atoms with van der Waals surface area (Å²) in [5.41, 5.74) is 2.75. The minimum absolute atomic E-state index is 0.0705. The number of benzene rings is 2. The van der Waals surface area contributed by atoms with Crippen LogP contribution >= 0.6 is 0 Å². The van der Waals surface area contributed by atoms with Gasteiger partial charge in [-0.2, -0.15) is 0 Å². The molecule has 0 unspecified atom stereocenters. The zero-order chi connectivity index (χ0) is 20.6. The minimum atomic E-state index is -0.0705. The van der Waals surface area contributed by atoms with E-state index in [4.69, 9.17) is 0 Å². The van der Waals surface area contributed by atoms with Gasteiger partial charge in [0.15, 0.2) is 0 Å². The first-order valence-electron chi connectivity index (χ1n) is 10.1. The van der Waals surface area contributed by atoms with Gasteiger partial charge >= 0.3 is 0 Å². The second kappa shape index (κ2) is 9.82. The largest absolute Gasteiger partial charge is 0.352 e. The van der Waals surface area contributed by atoms with Gasteiger partial charge < -0.3 is 9.80 Å². The molecule has 0 saturated heterocycles. The molecule has 0 radical (unpaired) electrons. The van der Waals surface area contributed by atoms with Gasteiger partial charge in [-0.25, -0.2) is 9.97 Å². The molecule has 1 heterocycles. The smallest absolute Gasteiger partial charge is 0.272 e. The second-order valence-electron chi connectivity index (χ2n) is 6.96. The van der Waals surface area contributed by atoms with Gasteiger partial charge in [-0.1, -0.05) is 60.7 Å². The lowest BCUT2D eigenvalue weighted by atomic mass is 10.2. The van der Waals surface area contributed by atoms with Crippen molar-refractivity contribution in [2.75, 3.05) is 18.0 Å². The Labute approximate surface area is 173 Å². The molecule has 3 rings (SSSR count). The van der Waals surface area contributed by atoms with Gasteiger partial charge in [0.25, 0.3) is 5.91 Å². The maximum absolute atomic E-state index is 13.2. The summed E-state index contributed by atoms with van der Waals surface area (Å²) >= 11 is 0. The average Bonchev–Trinajstić information content (AvgIpc) is 2.76. The first kappa shape index (κ1) is 20.5. The number of hydrogen-bond acceptors (Lipinski definition) is 4. The zero-order valence-electron chi connectivity index (χ0n) is 17.4. The van der Waals surface area contributed by atoms with E-state index in [1.807, 2.05) is 73.3 Å². The summed E-state index contributed by atoms with van der Waals surface area (Å²) in [6.45, 7) is 8.64. The molecule has 0 bridgehead atoms. The van der Waals surface area contributed by atoms with E-state index in [1.165, 1.54) is 5.56 Å². The maximum Gasteiger partial charge on any atom is 0.272 e. The standard InChI is InChI=1S/C24H28N4O/c1-4-27(17-20-12-8-6-9-13-20)23-16-22(25-19(3)26-23)24(29)28(5-2)18-21-14-10-7-11-15-21/h6-16H,4-5,17-18H2,1-3H3. The molecule has 0 saturated carbocycles. The molecule has 0 N–H and O–H groups in total. The molecular formula is C24H28N4O. The monoisotopic (exact) mass is 388 g/mol. The van der Waals surface area contributed by atoms with Gasteiger partial charge in [0.05, 0.1) is 0 Å². The molecule has 1 amide bonds. The van der Waals surface area contributed by atoms with Crippen LogP contribution in [0.1, 0.15) is 41.3 Å². The van der Waals surface area contributed by atoms with Crippen LogP contribution in [-0.2, 0) is 13.1 Å². The van der Waals surface area contributed by atoms with Crippen molar-refractivity contribution in [1.82, 2.24) is 14.9 Å². The lowest BCUT2D eigenvalue weighted by Gasteiger charge is -2.24. The van der Waals surface area contributed by atoms with Gasteiger partial charge in [-0.3, -0.25) is 4.79 Å². The number of anilines is 1. The molecule has 3 aromatic rings. The summed E-state index contributed by atoms with van der Waals surface area (Å²) in [5.74, 6) is 1.31. The number of aromatic nitrogens is 2. The molecule has 0 aliphatic heterocycles. The van der Waals surface area contributed by atoms with Crippen LogP contribution in [0.2, 0.25) is 0 Å². The quantitative estimate of drug-likeness (QED) is 0.571. The van der Waals surface area contributed by atoms with E-state index in [0.717, 1.165) is 24.5 Å². The third-order valence-corrected chi connectivity index (χ3v) is 4.85. The summed E-state index contributed by atoms with van der Waals surface area (Å²) in [5, 5.41) is 0. The van der Waals surface area contributed by atoms with Crippen molar-refractivity contribution < 1.29 is 4.79 Å². The van der Waals surface area contributed by atoms with Crippen LogP contribution in [0.15, 0.2) is 66.7 Å². The topological polar surface area (TPSA) is 49.3 Å². The molecule has 0 spiro atoms. The van der Waals surface area contributed by atoms with Crippen LogP contribution in [0.4, 0.5) is 5.82 Å². The lowest BCUT2D eigenvalue weighted by Crippen LogP contribution is -2.32. The van der Waals surface area contributed by atoms with Gasteiger partial charge in [0.2, 0.25) is 0 Å². The van der Waals surface area contributed by atoms with E-state index >= 15 is 0 Å². The number of amides is 1. The number of rotatable bonds is 8. The van der Waals surface area contributed by atoms with E-state index in [1.54, 1.807) is 0 Å². The highest BCUT2D eigenvalue weighted by atomic mass is 16.2. The van der Waals surface area contributed by atoms with Gasteiger partial charge in [-0.05, 0) is 31.9 Å². The molecule has 0 atom stereocenters. The molecule has 0 fully saturated rings. The van der Waals surface area contributed by atoms with Crippen LogP contribution in [0.5, 0.6) is 0 Å². The van der Waals surface area contributed by atoms with Crippen molar-refractivity contribution in [2.45, 2.75) is 33.9 Å². The van der Waals surface area contributed by atoms with E-state index in [-0.39, 0.29) is 5.91 Å².